The molecule has 0 spiro atoms. The van der Waals surface area contributed by atoms with Gasteiger partial charge in [-0.05, 0) is 11.4 Å². The standard InChI is InChI=1S/C15H10N4O2S/c1-2-4-10(5-3-1)13-18-12(21-19-13)8-20-14-11-6-7-22-15(11)17-9-16-14/h1-7,9H,8H2. The molecule has 0 radical (unpaired) electrons. The molecule has 4 rings (SSSR count). The van der Waals surface area contributed by atoms with Crippen LogP contribution >= 0.6 is 11.3 Å². The smallest absolute Gasteiger partial charge is 0.264 e. The highest BCUT2D eigenvalue weighted by Crippen LogP contribution is 2.26. The minimum Gasteiger partial charge on any atom is -0.467 e. The number of hydrogen-bond acceptors (Lipinski definition) is 7. The van der Waals surface area contributed by atoms with Crippen molar-refractivity contribution < 1.29 is 9.26 Å². The van der Waals surface area contributed by atoms with Crippen molar-refractivity contribution in [2.24, 2.45) is 0 Å². The number of benzene rings is 1. The van der Waals surface area contributed by atoms with Crippen molar-refractivity contribution in [3.8, 4) is 17.3 Å². The molecule has 1 aromatic carbocycles. The van der Waals surface area contributed by atoms with Crippen molar-refractivity contribution >= 4 is 21.6 Å². The molecule has 0 saturated carbocycles. The van der Waals surface area contributed by atoms with Crippen molar-refractivity contribution in [3.05, 3.63) is 54.0 Å². The number of ether oxygens (including phenoxy) is 1. The van der Waals surface area contributed by atoms with Gasteiger partial charge in [-0.2, -0.15) is 4.98 Å². The van der Waals surface area contributed by atoms with E-state index >= 15 is 0 Å². The second-order valence-electron chi connectivity index (χ2n) is 4.48. The lowest BCUT2D eigenvalue weighted by Gasteiger charge is -2.02. The second kappa shape index (κ2) is 5.53. The molecule has 0 fully saturated rings. The van der Waals surface area contributed by atoms with Crippen molar-refractivity contribution in [1.82, 2.24) is 20.1 Å². The Morgan fingerprint density at radius 1 is 1.09 bits per heavy atom. The Bertz CT molecular complexity index is 904. The number of rotatable bonds is 4. The first-order chi connectivity index (χ1) is 10.9. The molecule has 0 N–H and O–H groups in total. The molecule has 7 heteroatoms. The Morgan fingerprint density at radius 3 is 2.91 bits per heavy atom. The van der Waals surface area contributed by atoms with Crippen LogP contribution < -0.4 is 4.74 Å². The summed E-state index contributed by atoms with van der Waals surface area (Å²) in [5.41, 5.74) is 0.903. The van der Waals surface area contributed by atoms with E-state index in [1.54, 1.807) is 11.3 Å². The van der Waals surface area contributed by atoms with Gasteiger partial charge in [-0.25, -0.2) is 9.97 Å². The number of thiophene rings is 1. The van der Waals surface area contributed by atoms with E-state index in [1.807, 2.05) is 41.8 Å². The zero-order valence-corrected chi connectivity index (χ0v) is 12.2. The quantitative estimate of drug-likeness (QED) is 0.575. The third kappa shape index (κ3) is 2.42. The van der Waals surface area contributed by atoms with Crippen LogP contribution in [-0.4, -0.2) is 20.1 Å². The topological polar surface area (TPSA) is 73.9 Å². The summed E-state index contributed by atoms with van der Waals surface area (Å²) < 4.78 is 10.9. The van der Waals surface area contributed by atoms with Crippen molar-refractivity contribution in [2.75, 3.05) is 0 Å². The molecule has 0 saturated heterocycles. The molecule has 0 aliphatic carbocycles. The first kappa shape index (κ1) is 12.9. The van der Waals surface area contributed by atoms with Crippen LogP contribution in [0.25, 0.3) is 21.6 Å². The minimum absolute atomic E-state index is 0.168. The summed E-state index contributed by atoms with van der Waals surface area (Å²) >= 11 is 1.54. The van der Waals surface area contributed by atoms with Crippen LogP contribution in [0.4, 0.5) is 0 Å². The van der Waals surface area contributed by atoms with E-state index in [4.69, 9.17) is 9.26 Å². The van der Waals surface area contributed by atoms with Gasteiger partial charge in [-0.3, -0.25) is 0 Å². The predicted molar refractivity (Wildman–Crippen MR) is 81.5 cm³/mol. The fourth-order valence-electron chi connectivity index (χ4n) is 2.03. The van der Waals surface area contributed by atoms with Gasteiger partial charge in [-0.1, -0.05) is 35.5 Å². The highest BCUT2D eigenvalue weighted by atomic mass is 32.1. The van der Waals surface area contributed by atoms with Gasteiger partial charge < -0.3 is 9.26 Å². The number of nitrogens with zero attached hydrogens (tertiary/aromatic N) is 4. The normalized spacial score (nSPS) is 10.9. The van der Waals surface area contributed by atoms with Crippen molar-refractivity contribution in [3.63, 3.8) is 0 Å². The zero-order chi connectivity index (χ0) is 14.8. The largest absolute Gasteiger partial charge is 0.467 e. The molecule has 0 bridgehead atoms. The van der Waals surface area contributed by atoms with Gasteiger partial charge in [-0.15, -0.1) is 11.3 Å². The van der Waals surface area contributed by atoms with Gasteiger partial charge in [0.05, 0.1) is 5.39 Å². The van der Waals surface area contributed by atoms with E-state index in [0.717, 1.165) is 15.8 Å². The summed E-state index contributed by atoms with van der Waals surface area (Å²) in [6, 6.07) is 11.6. The Hall–Kier alpha value is -2.80. The second-order valence-corrected chi connectivity index (χ2v) is 5.38. The fraction of sp³-hybridized carbons (Fsp3) is 0.0667. The average molecular weight is 310 g/mol. The Morgan fingerprint density at radius 2 is 2.00 bits per heavy atom. The molecule has 3 aromatic heterocycles. The Labute approximate surface area is 129 Å². The van der Waals surface area contributed by atoms with Gasteiger partial charge in [0.25, 0.3) is 5.89 Å². The number of aromatic nitrogens is 4. The Kier molecular flexibility index (Phi) is 3.24. The molecule has 22 heavy (non-hydrogen) atoms. The highest BCUT2D eigenvalue weighted by molar-refractivity contribution is 7.16. The van der Waals surface area contributed by atoms with Crippen LogP contribution in [-0.2, 0) is 6.61 Å². The van der Waals surface area contributed by atoms with Crippen molar-refractivity contribution in [1.29, 1.82) is 0 Å². The maximum Gasteiger partial charge on any atom is 0.264 e. The van der Waals surface area contributed by atoms with Gasteiger partial charge in [0.2, 0.25) is 11.7 Å². The molecular formula is C15H10N4O2S. The summed E-state index contributed by atoms with van der Waals surface area (Å²) in [7, 11) is 0. The van der Waals surface area contributed by atoms with Gasteiger partial charge >= 0.3 is 0 Å². The van der Waals surface area contributed by atoms with E-state index in [-0.39, 0.29) is 6.61 Å². The van der Waals surface area contributed by atoms with E-state index in [0.29, 0.717) is 17.6 Å². The summed E-state index contributed by atoms with van der Waals surface area (Å²) in [6.07, 6.45) is 1.48. The third-order valence-electron chi connectivity index (χ3n) is 3.06. The summed E-state index contributed by atoms with van der Waals surface area (Å²) in [5.74, 6) is 1.47. The van der Waals surface area contributed by atoms with Crippen molar-refractivity contribution in [2.45, 2.75) is 6.61 Å². The fourth-order valence-corrected chi connectivity index (χ4v) is 2.75. The van der Waals surface area contributed by atoms with Gasteiger partial charge in [0.15, 0.2) is 6.61 Å². The Balaban J connectivity index is 1.53. The third-order valence-corrected chi connectivity index (χ3v) is 3.88. The monoisotopic (exact) mass is 310 g/mol. The van der Waals surface area contributed by atoms with Gasteiger partial charge in [0.1, 0.15) is 11.2 Å². The van der Waals surface area contributed by atoms with Crippen LogP contribution in [0.5, 0.6) is 5.88 Å². The summed E-state index contributed by atoms with van der Waals surface area (Å²) in [5, 5.41) is 6.79. The lowest BCUT2D eigenvalue weighted by atomic mass is 10.2. The van der Waals surface area contributed by atoms with Crippen LogP contribution in [0.3, 0.4) is 0 Å². The molecule has 0 aliphatic heterocycles. The number of hydrogen-bond donors (Lipinski definition) is 0. The first-order valence-electron chi connectivity index (χ1n) is 6.59. The average Bonchev–Trinajstić information content (AvgIpc) is 3.23. The number of fused-ring (bicyclic) bond motifs is 1. The SMILES string of the molecule is c1ccc(-c2noc(COc3ncnc4sccc34)n2)cc1. The zero-order valence-electron chi connectivity index (χ0n) is 11.3. The minimum atomic E-state index is 0.168. The molecule has 0 atom stereocenters. The molecule has 6 nitrogen and oxygen atoms in total. The van der Waals surface area contributed by atoms with Crippen LogP contribution in [0.1, 0.15) is 5.89 Å². The predicted octanol–water partition coefficient (Wildman–Crippen LogP) is 3.32. The first-order valence-corrected chi connectivity index (χ1v) is 7.47. The van der Waals surface area contributed by atoms with E-state index < -0.39 is 0 Å². The molecular weight excluding hydrogens is 300 g/mol. The molecule has 3 heterocycles. The summed E-state index contributed by atoms with van der Waals surface area (Å²) in [6.45, 7) is 0.168. The maximum atomic E-state index is 5.67. The van der Waals surface area contributed by atoms with Crippen LogP contribution in [0.2, 0.25) is 0 Å². The molecule has 0 unspecified atom stereocenters. The van der Waals surface area contributed by atoms with Crippen LogP contribution in [0, 0.1) is 0 Å². The molecule has 0 aliphatic rings. The lowest BCUT2D eigenvalue weighted by molar-refractivity contribution is 0.238. The molecule has 4 aromatic rings. The summed E-state index contributed by atoms with van der Waals surface area (Å²) in [4.78, 5) is 13.5. The maximum absolute atomic E-state index is 5.67. The molecule has 108 valence electrons. The van der Waals surface area contributed by atoms with E-state index in [9.17, 15) is 0 Å². The van der Waals surface area contributed by atoms with E-state index in [1.165, 1.54) is 6.33 Å². The lowest BCUT2D eigenvalue weighted by Crippen LogP contribution is -1.98. The van der Waals surface area contributed by atoms with E-state index in [2.05, 4.69) is 20.1 Å². The van der Waals surface area contributed by atoms with Crippen LogP contribution in [0.15, 0.2) is 52.6 Å². The molecule has 0 amide bonds. The van der Waals surface area contributed by atoms with Gasteiger partial charge in [0, 0.05) is 5.56 Å². The highest BCUT2D eigenvalue weighted by Gasteiger charge is 2.11.